The monoisotopic (exact) mass is 939 g/mol. The van der Waals surface area contributed by atoms with E-state index in [1.807, 2.05) is 0 Å². The molecule has 0 bridgehead atoms. The van der Waals surface area contributed by atoms with E-state index in [0.717, 1.165) is 12.8 Å². The number of hydrogen-bond acceptors (Lipinski definition) is 19. The summed E-state index contributed by atoms with van der Waals surface area (Å²) in [7, 11) is 0. The van der Waals surface area contributed by atoms with E-state index < -0.39 is 86.4 Å². The highest BCUT2D eigenvalue weighted by molar-refractivity contribution is 5.84. The maximum atomic E-state index is 12.8. The third-order valence-electron chi connectivity index (χ3n) is 10.5. The van der Waals surface area contributed by atoms with Gasteiger partial charge in [-0.25, -0.2) is 0 Å². The summed E-state index contributed by atoms with van der Waals surface area (Å²) in [6, 6.07) is 0. The number of nitrogens with zero attached hydrogens (tertiary/aromatic N) is 1. The normalized spacial score (nSPS) is 25.4. The first kappa shape index (κ1) is 57.5. The quantitative estimate of drug-likeness (QED) is 0.0213. The zero-order valence-electron chi connectivity index (χ0n) is 37.1. The number of allylic oxidation sites excluding steroid dienone is 1. The molecule has 376 valence electrons. The molecule has 0 aromatic rings. The number of aliphatic hydroxyl groups is 9. The lowest BCUT2D eigenvalue weighted by atomic mass is 9.99. The summed E-state index contributed by atoms with van der Waals surface area (Å²) in [5, 5.41) is 101. The van der Waals surface area contributed by atoms with E-state index in [0.29, 0.717) is 71.0 Å². The summed E-state index contributed by atoms with van der Waals surface area (Å²) in [4.78, 5) is 64.3. The van der Waals surface area contributed by atoms with E-state index in [4.69, 9.17) is 18.9 Å². The molecule has 0 saturated carbocycles. The largest absolute Gasteiger partial charge is 0.513 e. The molecule has 5 amide bonds. The number of carbonyl (C=O) groups is 5. The summed E-state index contributed by atoms with van der Waals surface area (Å²) < 4.78 is 21.2. The van der Waals surface area contributed by atoms with Gasteiger partial charge in [-0.1, -0.05) is 25.8 Å². The molecule has 65 heavy (non-hydrogen) atoms. The van der Waals surface area contributed by atoms with Gasteiger partial charge in [0.15, 0.2) is 12.6 Å². The second-order valence-corrected chi connectivity index (χ2v) is 16.0. The maximum Gasteiger partial charge on any atom is 0.234 e. The second-order valence-electron chi connectivity index (χ2n) is 16.0. The summed E-state index contributed by atoms with van der Waals surface area (Å²) in [5.74, 6) is -1.57. The van der Waals surface area contributed by atoms with Crippen molar-refractivity contribution in [3.05, 3.63) is 12.3 Å². The third-order valence-corrected chi connectivity index (χ3v) is 10.5. The van der Waals surface area contributed by atoms with Crippen LogP contribution in [-0.2, 0) is 42.9 Å². The topological polar surface area (TPSA) is 368 Å². The van der Waals surface area contributed by atoms with Crippen molar-refractivity contribution in [2.45, 2.75) is 138 Å². The molecule has 0 radical (unpaired) electrons. The standard InChI is InChI=1S/C41H74N6O18/c1-26(50)11-5-2-8-14-42-31(53)21-47(22-32(54)43-15-9-3-6-12-29(51)45-17-19-62-40-38(60)36(58)34(56)27(24-48)64-40)23-33(55)44-16-10-4-7-13-30(52)46-18-20-63-41-39(61)37(59)35(57)28(25-49)65-41/h27-28,34-41,48-50,56-61H,1-25H2,(H,42,53)(H,43,54)(H,44,55)(H,45,51)(H,46,52). The number of aliphatic hydroxyl groups excluding tert-OH is 9. The third kappa shape index (κ3) is 23.6. The molecule has 2 fully saturated rings. The molecule has 2 heterocycles. The predicted molar refractivity (Wildman–Crippen MR) is 228 cm³/mol. The Balaban J connectivity index is 1.65. The van der Waals surface area contributed by atoms with Crippen LogP contribution in [0.1, 0.15) is 77.0 Å². The Morgan fingerprint density at radius 3 is 1.14 bits per heavy atom. The molecule has 2 aliphatic rings. The lowest BCUT2D eigenvalue weighted by Crippen LogP contribution is -2.59. The molecule has 0 aliphatic carbocycles. The molecule has 2 saturated heterocycles. The van der Waals surface area contributed by atoms with Crippen LogP contribution in [0.25, 0.3) is 0 Å². The summed E-state index contributed by atoms with van der Waals surface area (Å²) in [6.07, 6.45) is -7.59. The van der Waals surface area contributed by atoms with Crippen LogP contribution in [0, 0.1) is 0 Å². The van der Waals surface area contributed by atoms with Gasteiger partial charge in [0, 0.05) is 52.0 Å². The molecule has 2 aliphatic heterocycles. The Morgan fingerprint density at radius 1 is 0.462 bits per heavy atom. The summed E-state index contributed by atoms with van der Waals surface area (Å²) in [5.41, 5.74) is 0. The van der Waals surface area contributed by atoms with Crippen LogP contribution in [0.5, 0.6) is 0 Å². The van der Waals surface area contributed by atoms with Gasteiger partial charge < -0.3 is 91.5 Å². The smallest absolute Gasteiger partial charge is 0.234 e. The maximum absolute atomic E-state index is 12.8. The molecule has 0 spiro atoms. The summed E-state index contributed by atoms with van der Waals surface area (Å²) in [6.45, 7) is 2.63. The molecule has 10 unspecified atom stereocenters. The average Bonchev–Trinajstić information content (AvgIpc) is 3.26. The summed E-state index contributed by atoms with van der Waals surface area (Å²) >= 11 is 0. The van der Waals surface area contributed by atoms with Gasteiger partial charge in [0.2, 0.25) is 29.5 Å². The van der Waals surface area contributed by atoms with E-state index in [1.54, 1.807) is 0 Å². The molecular weight excluding hydrogens is 864 g/mol. The Labute approximate surface area is 379 Å². The van der Waals surface area contributed by atoms with E-state index >= 15 is 0 Å². The van der Waals surface area contributed by atoms with Crippen LogP contribution in [0.2, 0.25) is 0 Å². The van der Waals surface area contributed by atoms with Gasteiger partial charge >= 0.3 is 0 Å². The van der Waals surface area contributed by atoms with Gasteiger partial charge in [0.1, 0.15) is 48.8 Å². The zero-order valence-corrected chi connectivity index (χ0v) is 37.1. The van der Waals surface area contributed by atoms with Gasteiger partial charge in [-0.3, -0.25) is 28.9 Å². The second kappa shape index (κ2) is 32.9. The van der Waals surface area contributed by atoms with Crippen LogP contribution in [0.15, 0.2) is 12.3 Å². The lowest BCUT2D eigenvalue weighted by Gasteiger charge is -2.39. The van der Waals surface area contributed by atoms with Crippen molar-refractivity contribution in [1.29, 1.82) is 0 Å². The number of nitrogens with one attached hydrogen (secondary N) is 5. The van der Waals surface area contributed by atoms with Gasteiger partial charge in [0.05, 0.1) is 51.8 Å². The van der Waals surface area contributed by atoms with Crippen molar-refractivity contribution in [2.24, 2.45) is 0 Å². The Hall–Kier alpha value is -3.63. The van der Waals surface area contributed by atoms with Crippen molar-refractivity contribution in [3.8, 4) is 0 Å². The number of rotatable bonds is 34. The zero-order chi connectivity index (χ0) is 48.1. The molecule has 0 aromatic carbocycles. The van der Waals surface area contributed by atoms with Crippen LogP contribution in [0.3, 0.4) is 0 Å². The minimum Gasteiger partial charge on any atom is -0.513 e. The number of unbranched alkanes of at least 4 members (excludes halogenated alkanes) is 6. The van der Waals surface area contributed by atoms with Crippen molar-refractivity contribution < 1.29 is 88.9 Å². The molecule has 10 atom stereocenters. The predicted octanol–water partition coefficient (Wildman–Crippen LogP) is -4.74. The first-order chi connectivity index (χ1) is 31.1. The van der Waals surface area contributed by atoms with E-state index in [2.05, 4.69) is 33.2 Å². The fraction of sp³-hybridized carbons (Fsp3) is 0.829. The highest BCUT2D eigenvalue weighted by Gasteiger charge is 2.45. The Kier molecular flexibility index (Phi) is 29.1. The van der Waals surface area contributed by atoms with E-state index in [1.165, 1.54) is 4.90 Å². The molecule has 2 rings (SSSR count). The van der Waals surface area contributed by atoms with Gasteiger partial charge in [-0.2, -0.15) is 0 Å². The Bertz CT molecular complexity index is 1330. The fourth-order valence-electron chi connectivity index (χ4n) is 6.75. The molecule has 0 aromatic heterocycles. The highest BCUT2D eigenvalue weighted by Crippen LogP contribution is 2.23. The van der Waals surface area contributed by atoms with Crippen LogP contribution < -0.4 is 26.6 Å². The minimum atomic E-state index is -1.57. The first-order valence-electron chi connectivity index (χ1n) is 22.3. The van der Waals surface area contributed by atoms with Crippen molar-refractivity contribution in [2.75, 3.05) is 78.8 Å². The highest BCUT2D eigenvalue weighted by atomic mass is 16.7. The number of carbonyl (C=O) groups excluding carboxylic acids is 5. The fourth-order valence-corrected chi connectivity index (χ4v) is 6.75. The van der Waals surface area contributed by atoms with Crippen molar-refractivity contribution in [1.82, 2.24) is 31.5 Å². The molecule has 24 nitrogen and oxygen atoms in total. The number of ether oxygens (including phenoxy) is 4. The van der Waals surface area contributed by atoms with Crippen molar-refractivity contribution in [3.63, 3.8) is 0 Å². The van der Waals surface area contributed by atoms with E-state index in [-0.39, 0.29) is 82.3 Å². The average molecular weight is 939 g/mol. The van der Waals surface area contributed by atoms with Crippen molar-refractivity contribution >= 4 is 29.5 Å². The molecule has 24 heteroatoms. The first-order valence-corrected chi connectivity index (χ1v) is 22.3. The van der Waals surface area contributed by atoms with Crippen LogP contribution in [0.4, 0.5) is 0 Å². The van der Waals surface area contributed by atoms with Crippen LogP contribution >= 0.6 is 0 Å². The van der Waals surface area contributed by atoms with E-state index in [9.17, 15) is 69.9 Å². The molecular formula is C41H74N6O18. The lowest BCUT2D eigenvalue weighted by molar-refractivity contribution is -0.300. The van der Waals surface area contributed by atoms with Gasteiger partial charge in [0.25, 0.3) is 0 Å². The Morgan fingerprint density at radius 2 is 0.800 bits per heavy atom. The number of amides is 5. The van der Waals surface area contributed by atoms with Gasteiger partial charge in [-0.05, 0) is 38.5 Å². The minimum absolute atomic E-state index is 0.0616. The van der Waals surface area contributed by atoms with Crippen LogP contribution in [-0.4, -0.2) is 221 Å². The SMILES string of the molecule is C=C(O)CCCCCNC(=O)CN(CC(=O)NCCCCCC(=O)NCCOC1OC(CO)C(O)C(O)C1O)CC(=O)NCCCCCC(=O)NCCOC1OC(CO)C(O)C(O)C1O. The number of hydrogen-bond donors (Lipinski definition) is 14. The molecule has 14 N–H and O–H groups in total. The van der Waals surface area contributed by atoms with Gasteiger partial charge in [-0.15, -0.1) is 0 Å².